The van der Waals surface area contributed by atoms with E-state index in [1.54, 1.807) is 25.3 Å². The van der Waals surface area contributed by atoms with Gasteiger partial charge in [-0.2, -0.15) is 5.10 Å². The number of halogens is 2. The first-order chi connectivity index (χ1) is 20.9. The summed E-state index contributed by atoms with van der Waals surface area (Å²) >= 11 is 12.2. The monoisotopic (exact) mass is 612 g/mol. The number of amides is 2. The Balaban J connectivity index is 1.30. The van der Waals surface area contributed by atoms with Crippen molar-refractivity contribution in [2.75, 3.05) is 0 Å². The minimum Gasteiger partial charge on any atom is -0.479 e. The van der Waals surface area contributed by atoms with Crippen LogP contribution in [0, 0.1) is 0 Å². The number of aromatic nitrogens is 1. The van der Waals surface area contributed by atoms with E-state index in [1.165, 1.54) is 11.6 Å². The van der Waals surface area contributed by atoms with Gasteiger partial charge >= 0.3 is 0 Å². The van der Waals surface area contributed by atoms with Crippen molar-refractivity contribution in [2.24, 2.45) is 5.10 Å². The summed E-state index contributed by atoms with van der Waals surface area (Å²) in [6.45, 7) is 2.29. The lowest BCUT2D eigenvalue weighted by Crippen LogP contribution is -2.50. The summed E-state index contributed by atoms with van der Waals surface area (Å²) in [5.74, 6) is -0.623. The molecule has 0 aliphatic carbocycles. The second-order valence-corrected chi connectivity index (χ2v) is 10.9. The summed E-state index contributed by atoms with van der Waals surface area (Å²) in [4.78, 5) is 26.4. The highest BCUT2D eigenvalue weighted by molar-refractivity contribution is 6.35. The molecule has 1 aromatic heterocycles. The fourth-order valence-electron chi connectivity index (χ4n) is 4.70. The Morgan fingerprint density at radius 1 is 0.884 bits per heavy atom. The van der Waals surface area contributed by atoms with E-state index in [-0.39, 0.29) is 11.4 Å². The molecule has 2 N–H and O–H groups in total. The van der Waals surface area contributed by atoms with Gasteiger partial charge in [-0.1, -0.05) is 102 Å². The van der Waals surface area contributed by atoms with Crippen molar-refractivity contribution in [3.05, 3.63) is 136 Å². The van der Waals surface area contributed by atoms with Crippen molar-refractivity contribution in [3.8, 4) is 5.75 Å². The second kappa shape index (κ2) is 14.1. The van der Waals surface area contributed by atoms with Crippen molar-refractivity contribution in [1.82, 2.24) is 15.3 Å². The van der Waals surface area contributed by atoms with E-state index in [0.717, 1.165) is 22.0 Å². The van der Waals surface area contributed by atoms with Crippen LogP contribution in [0.25, 0.3) is 10.9 Å². The summed E-state index contributed by atoms with van der Waals surface area (Å²) in [6, 6.07) is 31.5. The number of ether oxygens (including phenoxy) is 1. The number of rotatable bonds is 11. The third-order valence-corrected chi connectivity index (χ3v) is 7.41. The van der Waals surface area contributed by atoms with E-state index in [9.17, 15) is 9.59 Å². The van der Waals surface area contributed by atoms with Gasteiger partial charge in [0.15, 0.2) is 6.10 Å². The van der Waals surface area contributed by atoms with Crippen molar-refractivity contribution in [1.29, 1.82) is 0 Å². The third-order valence-electron chi connectivity index (χ3n) is 6.88. The van der Waals surface area contributed by atoms with E-state index in [1.807, 2.05) is 72.9 Å². The molecule has 1 heterocycles. The number of benzene rings is 4. The maximum absolute atomic E-state index is 13.3. The zero-order valence-corrected chi connectivity index (χ0v) is 24.9. The van der Waals surface area contributed by atoms with Gasteiger partial charge in [-0.15, -0.1) is 0 Å². The summed E-state index contributed by atoms with van der Waals surface area (Å²) in [7, 11) is 0. The Hall–Kier alpha value is -4.59. The Kier molecular flexibility index (Phi) is 9.77. The number of fused-ring (bicyclic) bond motifs is 1. The zero-order chi connectivity index (χ0) is 30.2. The van der Waals surface area contributed by atoms with Crippen LogP contribution in [-0.4, -0.2) is 34.7 Å². The lowest BCUT2D eigenvalue weighted by atomic mass is 10.1. The molecule has 0 spiro atoms. The highest BCUT2D eigenvalue weighted by Crippen LogP contribution is 2.28. The number of nitrogens with zero attached hydrogens (tertiary/aromatic N) is 2. The summed E-state index contributed by atoms with van der Waals surface area (Å²) in [5, 5.41) is 8.81. The normalized spacial score (nSPS) is 12.6. The highest BCUT2D eigenvalue weighted by Gasteiger charge is 2.25. The number of nitrogens with one attached hydrogen (secondary N) is 2. The molecule has 5 aromatic rings. The molecule has 218 valence electrons. The molecule has 5 rings (SSSR count). The number of para-hydroxylation sites is 1. The van der Waals surface area contributed by atoms with E-state index in [4.69, 9.17) is 27.9 Å². The van der Waals surface area contributed by atoms with Crippen LogP contribution in [0.4, 0.5) is 0 Å². The van der Waals surface area contributed by atoms with Crippen LogP contribution in [0.3, 0.4) is 0 Å². The quantitative estimate of drug-likeness (QED) is 0.129. The largest absolute Gasteiger partial charge is 0.479 e. The molecule has 4 aromatic carbocycles. The molecule has 0 unspecified atom stereocenters. The number of carbonyl (C=O) groups excluding carboxylic acids is 2. The Morgan fingerprint density at radius 2 is 1.56 bits per heavy atom. The molecule has 7 nitrogen and oxygen atoms in total. The average molecular weight is 614 g/mol. The maximum Gasteiger partial charge on any atom is 0.262 e. The molecule has 0 aliphatic heterocycles. The lowest BCUT2D eigenvalue weighted by Gasteiger charge is -2.21. The van der Waals surface area contributed by atoms with E-state index in [0.29, 0.717) is 17.3 Å². The fourth-order valence-corrected chi connectivity index (χ4v) is 5.15. The minimum absolute atomic E-state index is 0.263. The number of hydrazone groups is 1. The predicted molar refractivity (Wildman–Crippen MR) is 172 cm³/mol. The summed E-state index contributed by atoms with van der Waals surface area (Å²) in [5.41, 5.74) is 6.59. The first kappa shape index (κ1) is 29.9. The molecular weight excluding hydrogens is 583 g/mol. The molecular formula is C34H30Cl2N4O3. The molecule has 0 saturated heterocycles. The predicted octanol–water partition coefficient (Wildman–Crippen LogP) is 6.64. The van der Waals surface area contributed by atoms with Crippen LogP contribution in [0.5, 0.6) is 5.75 Å². The molecule has 2 amide bonds. The molecule has 2 atom stereocenters. The van der Waals surface area contributed by atoms with Crippen LogP contribution in [0.2, 0.25) is 10.0 Å². The van der Waals surface area contributed by atoms with Gasteiger partial charge in [-0.25, -0.2) is 5.43 Å². The van der Waals surface area contributed by atoms with Crippen LogP contribution in [-0.2, 0) is 22.6 Å². The maximum atomic E-state index is 13.3. The SMILES string of the molecule is C[C@@H](Oc1ccc(Cl)cc1Cl)C(=O)N[C@@H](Cc1ccccc1)C(=O)N/N=C\c1cn(Cc2ccccc2)c2ccccc12. The molecule has 0 bridgehead atoms. The first-order valence-corrected chi connectivity index (χ1v) is 14.5. The Labute approximate surface area is 260 Å². The van der Waals surface area contributed by atoms with Crippen LogP contribution < -0.4 is 15.5 Å². The van der Waals surface area contributed by atoms with Crippen LogP contribution in [0.1, 0.15) is 23.6 Å². The van der Waals surface area contributed by atoms with E-state index < -0.39 is 24.0 Å². The van der Waals surface area contributed by atoms with Gasteiger partial charge < -0.3 is 14.6 Å². The van der Waals surface area contributed by atoms with Crippen molar-refractivity contribution >= 4 is 52.1 Å². The topological polar surface area (TPSA) is 84.7 Å². The van der Waals surface area contributed by atoms with Gasteiger partial charge in [-0.3, -0.25) is 9.59 Å². The molecule has 0 fully saturated rings. The number of carbonyl (C=O) groups is 2. The van der Waals surface area contributed by atoms with Gasteiger partial charge in [0.05, 0.1) is 11.2 Å². The van der Waals surface area contributed by atoms with Crippen LogP contribution in [0.15, 0.2) is 114 Å². The zero-order valence-electron chi connectivity index (χ0n) is 23.4. The van der Waals surface area contributed by atoms with Gasteiger partial charge in [0, 0.05) is 40.7 Å². The van der Waals surface area contributed by atoms with Gasteiger partial charge in [-0.05, 0) is 42.3 Å². The molecule has 43 heavy (non-hydrogen) atoms. The molecule has 0 radical (unpaired) electrons. The average Bonchev–Trinajstić information content (AvgIpc) is 3.36. The van der Waals surface area contributed by atoms with Crippen LogP contribution >= 0.6 is 23.2 Å². The highest BCUT2D eigenvalue weighted by atomic mass is 35.5. The fraction of sp³-hybridized carbons (Fsp3) is 0.147. The smallest absolute Gasteiger partial charge is 0.262 e. The van der Waals surface area contributed by atoms with Gasteiger partial charge in [0.2, 0.25) is 0 Å². The Morgan fingerprint density at radius 3 is 2.28 bits per heavy atom. The molecule has 9 heteroatoms. The Bertz CT molecular complexity index is 1740. The lowest BCUT2D eigenvalue weighted by molar-refractivity contribution is -0.132. The summed E-state index contributed by atoms with van der Waals surface area (Å²) < 4.78 is 7.90. The van der Waals surface area contributed by atoms with E-state index >= 15 is 0 Å². The van der Waals surface area contributed by atoms with Crippen molar-refractivity contribution in [3.63, 3.8) is 0 Å². The van der Waals surface area contributed by atoms with Gasteiger partial charge in [0.25, 0.3) is 11.8 Å². The van der Waals surface area contributed by atoms with Gasteiger partial charge in [0.1, 0.15) is 11.8 Å². The van der Waals surface area contributed by atoms with E-state index in [2.05, 4.69) is 38.6 Å². The first-order valence-electron chi connectivity index (χ1n) is 13.8. The number of hydrogen-bond donors (Lipinski definition) is 2. The molecule has 0 aliphatic rings. The number of hydrogen-bond acceptors (Lipinski definition) is 4. The second-order valence-electron chi connectivity index (χ2n) is 10.0. The van der Waals surface area contributed by atoms with Crippen molar-refractivity contribution < 1.29 is 14.3 Å². The molecule has 0 saturated carbocycles. The minimum atomic E-state index is -0.927. The van der Waals surface area contributed by atoms with Crippen molar-refractivity contribution in [2.45, 2.75) is 32.0 Å². The summed E-state index contributed by atoms with van der Waals surface area (Å²) in [6.07, 6.45) is 2.97. The third kappa shape index (κ3) is 7.83. The standard InChI is InChI=1S/C34H30Cl2N4O3/c1-23(43-32-17-16-27(35)19-29(32)36)33(41)38-30(18-24-10-4-2-5-11-24)34(42)39-37-20-26-22-40(21-25-12-6-3-7-13-25)31-15-9-8-14-28(26)31/h2-17,19-20,22-23,30H,18,21H2,1H3,(H,38,41)(H,39,42)/b37-20-/t23-,30+/m1/s1.